The zero-order valence-corrected chi connectivity index (χ0v) is 17.0. The van der Waals surface area contributed by atoms with Crippen LogP contribution in [-0.4, -0.2) is 28.2 Å². The van der Waals surface area contributed by atoms with E-state index < -0.39 is 11.2 Å². The molecule has 3 rings (SSSR count). The van der Waals surface area contributed by atoms with Crippen molar-refractivity contribution in [1.82, 2.24) is 14.5 Å². The number of carbonyl (C=O) groups is 1. The normalized spacial score (nSPS) is 10.9. The summed E-state index contributed by atoms with van der Waals surface area (Å²) in [5, 5.41) is 3.42. The van der Waals surface area contributed by atoms with E-state index in [1.807, 2.05) is 13.8 Å². The molecule has 0 aliphatic carbocycles. The molecule has 29 heavy (non-hydrogen) atoms. The maximum atomic E-state index is 13.2. The zero-order chi connectivity index (χ0) is 21.0. The summed E-state index contributed by atoms with van der Waals surface area (Å²) in [6, 6.07) is 11.3. The van der Waals surface area contributed by atoms with Gasteiger partial charge in [-0.3, -0.25) is 14.2 Å². The summed E-state index contributed by atoms with van der Waals surface area (Å²) < 4.78 is 7.74. The summed E-state index contributed by atoms with van der Waals surface area (Å²) in [5.41, 5.74) is -0.374. The van der Waals surface area contributed by atoms with Crippen LogP contribution in [-0.2, 0) is 11.3 Å². The van der Waals surface area contributed by atoms with Crippen LogP contribution in [0.5, 0.6) is 5.75 Å². The summed E-state index contributed by atoms with van der Waals surface area (Å²) in [4.78, 5) is 38.6. The van der Waals surface area contributed by atoms with E-state index in [0.717, 1.165) is 11.0 Å². The lowest BCUT2D eigenvalue weighted by Crippen LogP contribution is -2.41. The second-order valence-electron chi connectivity index (χ2n) is 6.45. The average molecular weight is 416 g/mol. The molecule has 8 heteroatoms. The van der Waals surface area contributed by atoms with Crippen LogP contribution in [0.1, 0.15) is 20.3 Å². The van der Waals surface area contributed by atoms with E-state index in [9.17, 15) is 14.4 Å². The number of rotatable bonds is 7. The van der Waals surface area contributed by atoms with E-state index >= 15 is 0 Å². The minimum absolute atomic E-state index is 0.215. The number of hydrogen-bond donors (Lipinski definition) is 1. The lowest BCUT2D eigenvalue weighted by molar-refractivity contribution is -0.121. The number of hydrogen-bond acceptors (Lipinski definition) is 4. The molecule has 0 unspecified atom stereocenters. The molecule has 0 bridgehead atoms. The summed E-state index contributed by atoms with van der Waals surface area (Å²) in [6.45, 7) is 4.61. The minimum atomic E-state index is -0.611. The Hall–Kier alpha value is -3.06. The Morgan fingerprint density at radius 2 is 1.83 bits per heavy atom. The van der Waals surface area contributed by atoms with E-state index in [0.29, 0.717) is 40.5 Å². The molecule has 0 aliphatic heterocycles. The highest BCUT2D eigenvalue weighted by atomic mass is 35.5. The quantitative estimate of drug-likeness (QED) is 0.643. The number of nitrogens with one attached hydrogen (secondary N) is 1. The van der Waals surface area contributed by atoms with Gasteiger partial charge in [-0.2, -0.15) is 0 Å². The number of ether oxygens (including phenoxy) is 1. The molecule has 7 nitrogen and oxygen atoms in total. The molecule has 0 radical (unpaired) electrons. The van der Waals surface area contributed by atoms with Crippen LogP contribution in [0.25, 0.3) is 16.6 Å². The highest BCUT2D eigenvalue weighted by Crippen LogP contribution is 2.18. The molecule has 2 aromatic carbocycles. The predicted molar refractivity (Wildman–Crippen MR) is 113 cm³/mol. The van der Waals surface area contributed by atoms with Crippen LogP contribution in [0.15, 0.2) is 52.1 Å². The zero-order valence-electron chi connectivity index (χ0n) is 16.3. The smallest absolute Gasteiger partial charge is 0.336 e. The van der Waals surface area contributed by atoms with E-state index in [-0.39, 0.29) is 12.5 Å². The molecule has 3 aromatic rings. The Balaban J connectivity index is 2.20. The monoisotopic (exact) mass is 415 g/mol. The SMILES string of the molecule is CCCNC(=O)Cn1c(=O)n(-c2ccc(OCC)cc2)c(=O)c2ccc(Cl)cc21. The van der Waals surface area contributed by atoms with Gasteiger partial charge in [0.05, 0.1) is 23.2 Å². The standard InChI is InChI=1S/C21H22ClN3O4/c1-3-11-23-19(26)13-24-18-12-14(22)5-10-17(18)20(27)25(21(24)28)15-6-8-16(9-7-15)29-4-2/h5-10,12H,3-4,11,13H2,1-2H3,(H,23,26). The van der Waals surface area contributed by atoms with Crippen molar-refractivity contribution in [2.75, 3.05) is 13.2 Å². The van der Waals surface area contributed by atoms with Gasteiger partial charge in [0.25, 0.3) is 5.56 Å². The van der Waals surface area contributed by atoms with Gasteiger partial charge in [0, 0.05) is 11.6 Å². The second kappa shape index (κ2) is 8.96. The topological polar surface area (TPSA) is 82.3 Å². The van der Waals surface area contributed by atoms with Crippen molar-refractivity contribution in [2.45, 2.75) is 26.8 Å². The third-order valence-electron chi connectivity index (χ3n) is 4.39. The van der Waals surface area contributed by atoms with Crippen molar-refractivity contribution in [3.8, 4) is 11.4 Å². The summed E-state index contributed by atoms with van der Waals surface area (Å²) in [5.74, 6) is 0.322. The fourth-order valence-electron chi connectivity index (χ4n) is 3.04. The van der Waals surface area contributed by atoms with E-state index in [1.54, 1.807) is 36.4 Å². The first-order valence-electron chi connectivity index (χ1n) is 9.41. The molecule has 1 aromatic heterocycles. The van der Waals surface area contributed by atoms with E-state index in [2.05, 4.69) is 5.32 Å². The fourth-order valence-corrected chi connectivity index (χ4v) is 3.21. The molecule has 0 aliphatic rings. The second-order valence-corrected chi connectivity index (χ2v) is 6.88. The van der Waals surface area contributed by atoms with Gasteiger partial charge in [0.1, 0.15) is 12.3 Å². The molecule has 0 fully saturated rings. The van der Waals surface area contributed by atoms with Gasteiger partial charge in [-0.05, 0) is 55.8 Å². The van der Waals surface area contributed by atoms with Crippen LogP contribution in [0.4, 0.5) is 0 Å². The van der Waals surface area contributed by atoms with Crippen LogP contribution in [0.2, 0.25) is 5.02 Å². The summed E-state index contributed by atoms with van der Waals surface area (Å²) in [7, 11) is 0. The van der Waals surface area contributed by atoms with Crippen molar-refractivity contribution < 1.29 is 9.53 Å². The van der Waals surface area contributed by atoms with Gasteiger partial charge in [0.2, 0.25) is 5.91 Å². The van der Waals surface area contributed by atoms with E-state index in [4.69, 9.17) is 16.3 Å². The Morgan fingerprint density at radius 1 is 1.10 bits per heavy atom. The third kappa shape index (κ3) is 4.35. The van der Waals surface area contributed by atoms with Gasteiger partial charge in [-0.15, -0.1) is 0 Å². The maximum absolute atomic E-state index is 13.2. The van der Waals surface area contributed by atoms with Crippen LogP contribution in [0.3, 0.4) is 0 Å². The maximum Gasteiger partial charge on any atom is 0.336 e. The molecule has 152 valence electrons. The first-order valence-corrected chi connectivity index (χ1v) is 9.79. The number of halogens is 1. The highest BCUT2D eigenvalue weighted by molar-refractivity contribution is 6.31. The molecule has 0 spiro atoms. The van der Waals surface area contributed by atoms with Gasteiger partial charge in [-0.25, -0.2) is 9.36 Å². The number of fused-ring (bicyclic) bond motifs is 1. The molecule has 0 saturated carbocycles. The largest absolute Gasteiger partial charge is 0.494 e. The molecular formula is C21H22ClN3O4. The first-order chi connectivity index (χ1) is 14.0. The molecule has 1 N–H and O–H groups in total. The number of amides is 1. The van der Waals surface area contributed by atoms with Crippen molar-refractivity contribution in [1.29, 1.82) is 0 Å². The van der Waals surface area contributed by atoms with Crippen LogP contribution >= 0.6 is 11.6 Å². The molecule has 1 amide bonds. The van der Waals surface area contributed by atoms with Gasteiger partial charge < -0.3 is 10.1 Å². The number of carbonyl (C=O) groups excluding carboxylic acids is 1. The van der Waals surface area contributed by atoms with Crippen LogP contribution in [0, 0.1) is 0 Å². The van der Waals surface area contributed by atoms with Crippen molar-refractivity contribution in [3.05, 3.63) is 68.3 Å². The van der Waals surface area contributed by atoms with Crippen molar-refractivity contribution >= 4 is 28.4 Å². The fraction of sp³-hybridized carbons (Fsp3) is 0.286. The van der Waals surface area contributed by atoms with Gasteiger partial charge in [0.15, 0.2) is 0 Å². The summed E-state index contributed by atoms with van der Waals surface area (Å²) in [6.07, 6.45) is 0.777. The van der Waals surface area contributed by atoms with Crippen molar-refractivity contribution in [2.24, 2.45) is 0 Å². The van der Waals surface area contributed by atoms with E-state index in [1.165, 1.54) is 10.6 Å². The first kappa shape index (κ1) is 20.7. The molecule has 0 atom stereocenters. The predicted octanol–water partition coefficient (Wildman–Crippen LogP) is 2.73. The number of nitrogens with zero attached hydrogens (tertiary/aromatic N) is 2. The Morgan fingerprint density at radius 3 is 2.48 bits per heavy atom. The molecule has 0 saturated heterocycles. The number of aromatic nitrogens is 2. The Kier molecular flexibility index (Phi) is 6.39. The lowest BCUT2D eigenvalue weighted by Gasteiger charge is -2.15. The third-order valence-corrected chi connectivity index (χ3v) is 4.62. The van der Waals surface area contributed by atoms with Crippen molar-refractivity contribution in [3.63, 3.8) is 0 Å². The Labute approximate surface area is 172 Å². The van der Waals surface area contributed by atoms with Gasteiger partial charge >= 0.3 is 5.69 Å². The summed E-state index contributed by atoms with van der Waals surface area (Å²) >= 11 is 6.08. The minimum Gasteiger partial charge on any atom is -0.494 e. The lowest BCUT2D eigenvalue weighted by atomic mass is 10.2. The highest BCUT2D eigenvalue weighted by Gasteiger charge is 2.17. The Bertz CT molecular complexity index is 1150. The van der Waals surface area contributed by atoms with Crippen LogP contribution < -0.4 is 21.3 Å². The number of benzene rings is 2. The molecular weight excluding hydrogens is 394 g/mol. The molecule has 1 heterocycles. The van der Waals surface area contributed by atoms with Gasteiger partial charge in [-0.1, -0.05) is 18.5 Å². The average Bonchev–Trinajstić information content (AvgIpc) is 2.71.